The Kier molecular flexibility index (Phi) is 4.08. The van der Waals surface area contributed by atoms with Crippen LogP contribution < -0.4 is 0 Å². The van der Waals surface area contributed by atoms with E-state index in [1.54, 1.807) is 0 Å². The minimum atomic E-state index is 0.574. The molecule has 2 nitrogen and oxygen atoms in total. The standard InChI is InChI=1S/C14H18ClNO/c1-3-7-17-10-16-9-13(15)12-6-5-11(4-2)8-14(12)16/h5-6,8-9H,3-4,7,10H2,1-2H3. The molecule has 1 aromatic heterocycles. The van der Waals surface area contributed by atoms with Gasteiger partial charge in [0.25, 0.3) is 0 Å². The number of benzene rings is 1. The average molecular weight is 252 g/mol. The Hall–Kier alpha value is -0.990. The molecule has 0 aliphatic rings. The second kappa shape index (κ2) is 5.56. The molecule has 0 N–H and O–H groups in total. The molecule has 0 saturated heterocycles. The van der Waals surface area contributed by atoms with Crippen LogP contribution in [0.5, 0.6) is 0 Å². The van der Waals surface area contributed by atoms with Crippen LogP contribution in [-0.4, -0.2) is 11.2 Å². The van der Waals surface area contributed by atoms with Gasteiger partial charge in [-0.1, -0.05) is 37.6 Å². The highest BCUT2D eigenvalue weighted by Gasteiger charge is 2.07. The molecule has 0 amide bonds. The second-order valence-corrected chi connectivity index (χ2v) is 4.60. The van der Waals surface area contributed by atoms with Crippen molar-refractivity contribution in [3.05, 3.63) is 35.0 Å². The zero-order chi connectivity index (χ0) is 12.3. The van der Waals surface area contributed by atoms with E-state index in [1.807, 2.05) is 6.20 Å². The lowest BCUT2D eigenvalue weighted by Gasteiger charge is -2.06. The molecule has 0 radical (unpaired) electrons. The normalized spacial score (nSPS) is 11.2. The van der Waals surface area contributed by atoms with E-state index in [0.717, 1.165) is 35.4 Å². The molecule has 0 bridgehead atoms. The molecule has 0 spiro atoms. The van der Waals surface area contributed by atoms with Crippen LogP contribution in [0.4, 0.5) is 0 Å². The molecular formula is C14H18ClNO. The van der Waals surface area contributed by atoms with Gasteiger partial charge >= 0.3 is 0 Å². The molecular weight excluding hydrogens is 234 g/mol. The van der Waals surface area contributed by atoms with E-state index in [1.165, 1.54) is 5.56 Å². The third-order valence-corrected chi connectivity index (χ3v) is 3.19. The van der Waals surface area contributed by atoms with Crippen molar-refractivity contribution in [2.75, 3.05) is 6.61 Å². The summed E-state index contributed by atoms with van der Waals surface area (Å²) in [5.74, 6) is 0. The maximum atomic E-state index is 6.21. The fourth-order valence-electron chi connectivity index (χ4n) is 1.93. The van der Waals surface area contributed by atoms with Gasteiger partial charge in [0, 0.05) is 18.2 Å². The fourth-order valence-corrected chi connectivity index (χ4v) is 2.20. The largest absolute Gasteiger partial charge is 0.361 e. The second-order valence-electron chi connectivity index (χ2n) is 4.19. The highest BCUT2D eigenvalue weighted by Crippen LogP contribution is 2.26. The van der Waals surface area contributed by atoms with E-state index >= 15 is 0 Å². The van der Waals surface area contributed by atoms with Crippen molar-refractivity contribution < 1.29 is 4.74 Å². The number of aryl methyl sites for hydroxylation is 1. The highest BCUT2D eigenvalue weighted by molar-refractivity contribution is 6.35. The van der Waals surface area contributed by atoms with Gasteiger partial charge in [-0.15, -0.1) is 0 Å². The average Bonchev–Trinajstić information content (AvgIpc) is 2.66. The number of ether oxygens (including phenoxy) is 1. The van der Waals surface area contributed by atoms with Crippen LogP contribution in [0.2, 0.25) is 5.02 Å². The van der Waals surface area contributed by atoms with Crippen LogP contribution in [-0.2, 0) is 17.9 Å². The summed E-state index contributed by atoms with van der Waals surface area (Å²) in [4.78, 5) is 0. The zero-order valence-electron chi connectivity index (χ0n) is 10.4. The first-order chi connectivity index (χ1) is 8.26. The molecule has 2 aromatic rings. The van der Waals surface area contributed by atoms with Crippen molar-refractivity contribution in [3.8, 4) is 0 Å². The summed E-state index contributed by atoms with van der Waals surface area (Å²) in [6.45, 7) is 5.62. The predicted molar refractivity (Wildman–Crippen MR) is 72.6 cm³/mol. The number of hydrogen-bond donors (Lipinski definition) is 0. The van der Waals surface area contributed by atoms with E-state index in [0.29, 0.717) is 6.73 Å². The molecule has 17 heavy (non-hydrogen) atoms. The van der Waals surface area contributed by atoms with Gasteiger partial charge in [-0.05, 0) is 24.5 Å². The Labute approximate surface area is 107 Å². The first kappa shape index (κ1) is 12.5. The lowest BCUT2D eigenvalue weighted by atomic mass is 10.1. The van der Waals surface area contributed by atoms with Crippen LogP contribution in [0.25, 0.3) is 10.9 Å². The Bertz CT molecular complexity index is 504. The number of aromatic nitrogens is 1. The van der Waals surface area contributed by atoms with E-state index in [2.05, 4.69) is 36.6 Å². The summed E-state index contributed by atoms with van der Waals surface area (Å²) in [6.07, 6.45) is 4.02. The maximum absolute atomic E-state index is 6.21. The summed E-state index contributed by atoms with van der Waals surface area (Å²) >= 11 is 6.21. The van der Waals surface area contributed by atoms with Crippen molar-refractivity contribution in [1.29, 1.82) is 0 Å². The molecule has 1 heterocycles. The lowest BCUT2D eigenvalue weighted by Crippen LogP contribution is -2.01. The molecule has 0 aliphatic heterocycles. The Morgan fingerprint density at radius 1 is 1.29 bits per heavy atom. The Balaban J connectivity index is 2.34. The molecule has 0 aliphatic carbocycles. The van der Waals surface area contributed by atoms with E-state index in [-0.39, 0.29) is 0 Å². The first-order valence-electron chi connectivity index (χ1n) is 6.11. The van der Waals surface area contributed by atoms with Crippen LogP contribution >= 0.6 is 11.6 Å². The van der Waals surface area contributed by atoms with Gasteiger partial charge in [0.2, 0.25) is 0 Å². The van der Waals surface area contributed by atoms with Gasteiger partial charge in [0.05, 0.1) is 10.5 Å². The maximum Gasteiger partial charge on any atom is 0.122 e. The monoisotopic (exact) mass is 251 g/mol. The van der Waals surface area contributed by atoms with E-state index < -0.39 is 0 Å². The van der Waals surface area contributed by atoms with Crippen molar-refractivity contribution in [3.63, 3.8) is 0 Å². The lowest BCUT2D eigenvalue weighted by molar-refractivity contribution is 0.0804. The molecule has 2 rings (SSSR count). The molecule has 3 heteroatoms. The Morgan fingerprint density at radius 2 is 2.12 bits per heavy atom. The van der Waals surface area contributed by atoms with Crippen LogP contribution in [0, 0.1) is 0 Å². The van der Waals surface area contributed by atoms with Gasteiger partial charge < -0.3 is 9.30 Å². The number of nitrogens with zero attached hydrogens (tertiary/aromatic N) is 1. The molecule has 0 saturated carbocycles. The topological polar surface area (TPSA) is 14.2 Å². The van der Waals surface area contributed by atoms with Crippen molar-refractivity contribution in [2.24, 2.45) is 0 Å². The first-order valence-corrected chi connectivity index (χ1v) is 6.49. The minimum Gasteiger partial charge on any atom is -0.361 e. The molecule has 0 fully saturated rings. The fraction of sp³-hybridized carbons (Fsp3) is 0.429. The van der Waals surface area contributed by atoms with Crippen LogP contribution in [0.1, 0.15) is 25.8 Å². The SMILES string of the molecule is CCCOCn1cc(Cl)c2ccc(CC)cc21. The van der Waals surface area contributed by atoms with Crippen LogP contribution in [0.15, 0.2) is 24.4 Å². The smallest absolute Gasteiger partial charge is 0.122 e. The minimum absolute atomic E-state index is 0.574. The number of rotatable bonds is 5. The number of halogens is 1. The van der Waals surface area contributed by atoms with Gasteiger partial charge in [-0.25, -0.2) is 0 Å². The third kappa shape index (κ3) is 2.64. The highest BCUT2D eigenvalue weighted by atomic mass is 35.5. The quantitative estimate of drug-likeness (QED) is 0.725. The summed E-state index contributed by atoms with van der Waals surface area (Å²) in [7, 11) is 0. The number of fused-ring (bicyclic) bond motifs is 1. The summed E-state index contributed by atoms with van der Waals surface area (Å²) in [5.41, 5.74) is 2.48. The van der Waals surface area contributed by atoms with Gasteiger partial charge in [0.15, 0.2) is 0 Å². The molecule has 92 valence electrons. The van der Waals surface area contributed by atoms with Crippen molar-refractivity contribution in [1.82, 2.24) is 4.57 Å². The van der Waals surface area contributed by atoms with E-state index in [9.17, 15) is 0 Å². The molecule has 0 atom stereocenters. The third-order valence-electron chi connectivity index (χ3n) is 2.89. The number of hydrogen-bond acceptors (Lipinski definition) is 1. The van der Waals surface area contributed by atoms with Gasteiger partial charge in [-0.2, -0.15) is 0 Å². The van der Waals surface area contributed by atoms with Crippen molar-refractivity contribution in [2.45, 2.75) is 33.4 Å². The molecule has 1 aromatic carbocycles. The van der Waals surface area contributed by atoms with Gasteiger partial charge in [-0.3, -0.25) is 0 Å². The summed E-state index contributed by atoms with van der Waals surface area (Å²) < 4.78 is 7.64. The predicted octanol–water partition coefficient (Wildman–Crippen LogP) is 4.24. The van der Waals surface area contributed by atoms with E-state index in [4.69, 9.17) is 16.3 Å². The molecule has 0 unspecified atom stereocenters. The summed E-state index contributed by atoms with van der Waals surface area (Å²) in [5, 5.41) is 1.90. The summed E-state index contributed by atoms with van der Waals surface area (Å²) in [6, 6.07) is 6.41. The Morgan fingerprint density at radius 3 is 2.82 bits per heavy atom. The van der Waals surface area contributed by atoms with Crippen LogP contribution in [0.3, 0.4) is 0 Å². The van der Waals surface area contributed by atoms with Gasteiger partial charge in [0.1, 0.15) is 6.73 Å². The van der Waals surface area contributed by atoms with Crippen molar-refractivity contribution >= 4 is 22.5 Å². The zero-order valence-corrected chi connectivity index (χ0v) is 11.1.